The summed E-state index contributed by atoms with van der Waals surface area (Å²) in [6, 6.07) is 7.94. The van der Waals surface area contributed by atoms with Crippen molar-refractivity contribution in [1.29, 1.82) is 0 Å². The number of sulfone groups is 1. The molecular weight excluding hydrogens is 296 g/mol. The van der Waals surface area contributed by atoms with Gasteiger partial charge in [0.25, 0.3) is 0 Å². The highest BCUT2D eigenvalue weighted by atomic mass is 32.2. The highest BCUT2D eigenvalue weighted by molar-refractivity contribution is 7.90. The summed E-state index contributed by atoms with van der Waals surface area (Å²) in [5, 5.41) is 10.7. The molecule has 3 N–H and O–H groups in total. The number of thiocarbonyl (C=S) groups is 1. The van der Waals surface area contributed by atoms with Crippen LogP contribution in [0.4, 0.5) is 11.5 Å². The zero-order valence-corrected chi connectivity index (χ0v) is 12.2. The van der Waals surface area contributed by atoms with Crippen LogP contribution in [0.1, 0.15) is 5.56 Å². The van der Waals surface area contributed by atoms with Crippen LogP contribution in [0.5, 0.6) is 0 Å². The first-order valence-corrected chi connectivity index (χ1v) is 7.86. The standard InChI is InChI=1S/C12H12N4O2S2/c1-20(17,18)9-4-2-8(3-5-9)15-12-10(11(13)19)6-7-14-16-12/h2-7H,1H3,(H2,13,19)(H,15,16). The molecule has 0 saturated carbocycles. The lowest BCUT2D eigenvalue weighted by Crippen LogP contribution is -2.13. The highest BCUT2D eigenvalue weighted by Gasteiger charge is 2.09. The predicted molar refractivity (Wildman–Crippen MR) is 80.8 cm³/mol. The third-order valence-corrected chi connectivity index (χ3v) is 3.88. The minimum absolute atomic E-state index is 0.204. The fourth-order valence-electron chi connectivity index (χ4n) is 1.55. The average Bonchev–Trinajstić information content (AvgIpc) is 2.38. The molecule has 20 heavy (non-hydrogen) atoms. The van der Waals surface area contributed by atoms with Crippen LogP contribution < -0.4 is 11.1 Å². The maximum atomic E-state index is 11.4. The molecule has 0 aliphatic carbocycles. The Bertz CT molecular complexity index is 742. The van der Waals surface area contributed by atoms with Crippen molar-refractivity contribution in [2.24, 2.45) is 5.73 Å². The Labute approximate surface area is 122 Å². The third-order valence-electron chi connectivity index (χ3n) is 2.53. The van der Waals surface area contributed by atoms with Gasteiger partial charge in [-0.1, -0.05) is 12.2 Å². The molecule has 0 spiro atoms. The molecule has 0 unspecified atom stereocenters. The molecule has 104 valence electrons. The van der Waals surface area contributed by atoms with Crippen LogP contribution in [0.2, 0.25) is 0 Å². The Morgan fingerprint density at radius 2 is 1.90 bits per heavy atom. The Balaban J connectivity index is 2.30. The Hall–Kier alpha value is -2.06. The summed E-state index contributed by atoms with van der Waals surface area (Å²) in [4.78, 5) is 0.451. The van der Waals surface area contributed by atoms with Gasteiger partial charge in [-0.3, -0.25) is 0 Å². The monoisotopic (exact) mass is 308 g/mol. The summed E-state index contributed by atoms with van der Waals surface area (Å²) in [5.74, 6) is 0.423. The maximum absolute atomic E-state index is 11.4. The second-order valence-corrected chi connectivity index (χ2v) is 6.53. The van der Waals surface area contributed by atoms with Crippen molar-refractivity contribution in [3.05, 3.63) is 42.1 Å². The lowest BCUT2D eigenvalue weighted by Gasteiger charge is -2.09. The molecular formula is C12H12N4O2S2. The van der Waals surface area contributed by atoms with Gasteiger partial charge in [0.15, 0.2) is 15.7 Å². The van der Waals surface area contributed by atoms with Crippen molar-refractivity contribution >= 4 is 38.5 Å². The minimum atomic E-state index is -3.21. The van der Waals surface area contributed by atoms with Gasteiger partial charge < -0.3 is 11.1 Å². The number of aromatic nitrogens is 2. The van der Waals surface area contributed by atoms with Gasteiger partial charge in [-0.15, -0.1) is 5.10 Å². The van der Waals surface area contributed by atoms with E-state index in [-0.39, 0.29) is 9.88 Å². The Morgan fingerprint density at radius 1 is 1.25 bits per heavy atom. The summed E-state index contributed by atoms with van der Waals surface area (Å²) in [7, 11) is -3.21. The molecule has 1 aromatic carbocycles. The zero-order chi connectivity index (χ0) is 14.8. The van der Waals surface area contributed by atoms with E-state index in [2.05, 4.69) is 15.5 Å². The number of nitrogens with two attached hydrogens (primary N) is 1. The fourth-order valence-corrected chi connectivity index (χ4v) is 2.34. The van der Waals surface area contributed by atoms with Crippen LogP contribution in [0.3, 0.4) is 0 Å². The van der Waals surface area contributed by atoms with Crippen molar-refractivity contribution in [2.45, 2.75) is 4.90 Å². The van der Waals surface area contributed by atoms with Gasteiger partial charge >= 0.3 is 0 Å². The number of hydrogen-bond donors (Lipinski definition) is 2. The van der Waals surface area contributed by atoms with Gasteiger partial charge in [0.2, 0.25) is 0 Å². The van der Waals surface area contributed by atoms with Crippen molar-refractivity contribution in [2.75, 3.05) is 11.6 Å². The SMILES string of the molecule is CS(=O)(=O)c1ccc(Nc2nnccc2C(N)=S)cc1. The van der Waals surface area contributed by atoms with E-state index in [1.165, 1.54) is 18.3 Å². The molecule has 8 heteroatoms. The second-order valence-electron chi connectivity index (χ2n) is 4.08. The van der Waals surface area contributed by atoms with Crippen molar-refractivity contribution in [3.63, 3.8) is 0 Å². The summed E-state index contributed by atoms with van der Waals surface area (Å²) < 4.78 is 22.7. The molecule has 6 nitrogen and oxygen atoms in total. The smallest absolute Gasteiger partial charge is 0.175 e. The molecule has 1 heterocycles. The van der Waals surface area contributed by atoms with Gasteiger partial charge in [0.1, 0.15) is 4.99 Å². The molecule has 0 atom stereocenters. The molecule has 0 saturated heterocycles. The van der Waals surface area contributed by atoms with E-state index in [1.807, 2.05) is 0 Å². The van der Waals surface area contributed by atoms with Gasteiger partial charge in [-0.2, -0.15) is 5.10 Å². The summed E-state index contributed by atoms with van der Waals surface area (Å²) in [6.07, 6.45) is 2.65. The molecule has 0 fully saturated rings. The minimum Gasteiger partial charge on any atom is -0.389 e. The molecule has 2 rings (SSSR count). The van der Waals surface area contributed by atoms with Gasteiger partial charge in [0.05, 0.1) is 16.7 Å². The van der Waals surface area contributed by atoms with Crippen LogP contribution in [0.25, 0.3) is 0 Å². The normalized spacial score (nSPS) is 11.1. The number of nitrogens with zero attached hydrogens (tertiary/aromatic N) is 2. The largest absolute Gasteiger partial charge is 0.389 e. The fraction of sp³-hybridized carbons (Fsp3) is 0.0833. The number of benzene rings is 1. The highest BCUT2D eigenvalue weighted by Crippen LogP contribution is 2.19. The topological polar surface area (TPSA) is 98.0 Å². The maximum Gasteiger partial charge on any atom is 0.175 e. The van der Waals surface area contributed by atoms with Crippen molar-refractivity contribution < 1.29 is 8.42 Å². The van der Waals surface area contributed by atoms with E-state index >= 15 is 0 Å². The van der Waals surface area contributed by atoms with Gasteiger partial charge in [-0.05, 0) is 30.3 Å². The van der Waals surface area contributed by atoms with E-state index in [0.29, 0.717) is 17.1 Å². The van der Waals surface area contributed by atoms with Crippen molar-refractivity contribution in [3.8, 4) is 0 Å². The summed E-state index contributed by atoms with van der Waals surface area (Å²) in [6.45, 7) is 0. The zero-order valence-electron chi connectivity index (χ0n) is 10.6. The molecule has 2 aromatic rings. The number of hydrogen-bond acceptors (Lipinski definition) is 6. The van der Waals surface area contributed by atoms with Crippen LogP contribution in [-0.2, 0) is 9.84 Å². The molecule has 0 bridgehead atoms. The van der Waals surface area contributed by atoms with E-state index in [1.54, 1.807) is 18.2 Å². The molecule has 0 aliphatic rings. The first kappa shape index (κ1) is 14.4. The van der Waals surface area contributed by atoms with E-state index in [9.17, 15) is 8.42 Å². The lowest BCUT2D eigenvalue weighted by atomic mass is 10.2. The third kappa shape index (κ3) is 3.28. The quantitative estimate of drug-likeness (QED) is 0.820. The van der Waals surface area contributed by atoms with Crippen LogP contribution in [-0.4, -0.2) is 29.9 Å². The molecule has 1 aromatic heterocycles. The Kier molecular flexibility index (Phi) is 3.96. The predicted octanol–water partition coefficient (Wildman–Crippen LogP) is 1.26. The Morgan fingerprint density at radius 3 is 2.45 bits per heavy atom. The van der Waals surface area contributed by atoms with Crippen molar-refractivity contribution in [1.82, 2.24) is 10.2 Å². The van der Waals surface area contributed by atoms with E-state index in [0.717, 1.165) is 6.26 Å². The summed E-state index contributed by atoms with van der Waals surface area (Å²) in [5.41, 5.74) is 6.83. The van der Waals surface area contributed by atoms with E-state index < -0.39 is 9.84 Å². The second kappa shape index (κ2) is 5.51. The van der Waals surface area contributed by atoms with Crippen LogP contribution in [0.15, 0.2) is 41.4 Å². The molecule has 0 amide bonds. The average molecular weight is 308 g/mol. The lowest BCUT2D eigenvalue weighted by molar-refractivity contribution is 0.602. The van der Waals surface area contributed by atoms with Gasteiger partial charge in [-0.25, -0.2) is 8.42 Å². The molecule has 0 aliphatic heterocycles. The summed E-state index contributed by atoms with van der Waals surface area (Å²) >= 11 is 4.93. The first-order valence-electron chi connectivity index (χ1n) is 5.56. The number of anilines is 2. The number of nitrogens with one attached hydrogen (secondary N) is 1. The first-order chi connectivity index (χ1) is 9.38. The molecule has 0 radical (unpaired) electrons. The van der Waals surface area contributed by atoms with Gasteiger partial charge in [0, 0.05) is 11.9 Å². The van der Waals surface area contributed by atoms with Crippen LogP contribution >= 0.6 is 12.2 Å². The van der Waals surface area contributed by atoms with Crippen LogP contribution in [0, 0.1) is 0 Å². The van der Waals surface area contributed by atoms with E-state index in [4.69, 9.17) is 18.0 Å². The number of rotatable bonds is 4.